The van der Waals surface area contributed by atoms with Crippen LogP contribution in [0.4, 0.5) is 10.1 Å². The van der Waals surface area contributed by atoms with Crippen LogP contribution in [0.25, 0.3) is 11.3 Å². The highest BCUT2D eigenvalue weighted by molar-refractivity contribution is 6.00. The molecule has 4 rings (SSSR count). The van der Waals surface area contributed by atoms with Crippen molar-refractivity contribution in [2.45, 2.75) is 26.3 Å². The van der Waals surface area contributed by atoms with Gasteiger partial charge in [-0.15, -0.1) is 0 Å². The molecule has 0 unspecified atom stereocenters. The predicted octanol–water partition coefficient (Wildman–Crippen LogP) is 4.10. The molecular formula is C22H22FN3O2. The molecule has 0 aliphatic carbocycles. The molecule has 3 aromatic rings. The number of halogens is 1. The van der Waals surface area contributed by atoms with Gasteiger partial charge in [0.2, 0.25) is 0 Å². The molecule has 0 fully saturated rings. The summed E-state index contributed by atoms with van der Waals surface area (Å²) < 4.78 is 18.4. The second-order valence-corrected chi connectivity index (χ2v) is 7.14. The van der Waals surface area contributed by atoms with Crippen LogP contribution in [0.5, 0.6) is 0 Å². The zero-order valence-corrected chi connectivity index (χ0v) is 16.0. The van der Waals surface area contributed by atoms with E-state index in [9.17, 15) is 9.18 Å². The molecule has 0 bridgehead atoms. The van der Waals surface area contributed by atoms with Gasteiger partial charge in [0.1, 0.15) is 22.8 Å². The Balaban J connectivity index is 1.52. The fraction of sp³-hybridized carbons (Fsp3) is 0.273. The van der Waals surface area contributed by atoms with Crippen molar-refractivity contribution in [1.29, 1.82) is 0 Å². The number of carbonyl (C=O) groups is 1. The second-order valence-electron chi connectivity index (χ2n) is 7.14. The molecule has 2 aromatic carbocycles. The van der Waals surface area contributed by atoms with Gasteiger partial charge in [-0.3, -0.25) is 4.79 Å². The van der Waals surface area contributed by atoms with Gasteiger partial charge >= 0.3 is 0 Å². The normalized spacial score (nSPS) is 13.3. The third kappa shape index (κ3) is 3.50. The number of aromatic nitrogens is 1. The molecule has 5 nitrogen and oxygen atoms in total. The van der Waals surface area contributed by atoms with Crippen LogP contribution < -0.4 is 10.2 Å². The van der Waals surface area contributed by atoms with E-state index in [1.807, 2.05) is 6.07 Å². The van der Waals surface area contributed by atoms with E-state index in [-0.39, 0.29) is 11.7 Å². The Morgan fingerprint density at radius 2 is 2.04 bits per heavy atom. The number of nitrogens with zero attached hydrogens (tertiary/aromatic N) is 2. The van der Waals surface area contributed by atoms with Crippen LogP contribution in [0.3, 0.4) is 0 Å². The molecule has 1 aliphatic rings. The molecular weight excluding hydrogens is 357 g/mol. The third-order valence-electron chi connectivity index (χ3n) is 5.16. The summed E-state index contributed by atoms with van der Waals surface area (Å²) in [6, 6.07) is 12.2. The van der Waals surface area contributed by atoms with E-state index in [4.69, 9.17) is 4.52 Å². The quantitative estimate of drug-likeness (QED) is 0.741. The van der Waals surface area contributed by atoms with Crippen molar-refractivity contribution in [2.24, 2.45) is 0 Å². The van der Waals surface area contributed by atoms with E-state index in [1.165, 1.54) is 23.4 Å². The van der Waals surface area contributed by atoms with Gasteiger partial charge < -0.3 is 14.7 Å². The molecule has 0 atom stereocenters. The number of fused-ring (bicyclic) bond motifs is 1. The summed E-state index contributed by atoms with van der Waals surface area (Å²) in [4.78, 5) is 15.1. The van der Waals surface area contributed by atoms with Crippen LogP contribution in [-0.4, -0.2) is 24.7 Å². The number of amides is 1. The van der Waals surface area contributed by atoms with Gasteiger partial charge in [-0.25, -0.2) is 4.39 Å². The van der Waals surface area contributed by atoms with Crippen LogP contribution in [-0.2, 0) is 13.0 Å². The highest BCUT2D eigenvalue weighted by atomic mass is 19.1. The van der Waals surface area contributed by atoms with Gasteiger partial charge in [-0.2, -0.15) is 0 Å². The highest BCUT2D eigenvalue weighted by Crippen LogP contribution is 2.28. The molecule has 0 saturated heterocycles. The number of carbonyl (C=O) groups excluding carboxylic acids is 1. The summed E-state index contributed by atoms with van der Waals surface area (Å²) in [6.07, 6.45) is 2.20. The van der Waals surface area contributed by atoms with E-state index in [1.54, 1.807) is 19.1 Å². The maximum Gasteiger partial charge on any atom is 0.257 e. The lowest BCUT2D eigenvalue weighted by Crippen LogP contribution is -2.26. The number of hydrogen-bond acceptors (Lipinski definition) is 4. The molecule has 28 heavy (non-hydrogen) atoms. The molecule has 1 aromatic heterocycles. The number of rotatable bonds is 4. The Morgan fingerprint density at radius 1 is 1.25 bits per heavy atom. The lowest BCUT2D eigenvalue weighted by molar-refractivity contribution is 0.0950. The van der Waals surface area contributed by atoms with E-state index in [2.05, 4.69) is 34.6 Å². The first-order valence-corrected chi connectivity index (χ1v) is 9.36. The van der Waals surface area contributed by atoms with Gasteiger partial charge in [-0.1, -0.05) is 17.3 Å². The minimum Gasteiger partial charge on any atom is -0.374 e. The molecule has 2 heterocycles. The number of benzene rings is 2. The minimum absolute atomic E-state index is 0.257. The average Bonchev–Trinajstić information content (AvgIpc) is 3.08. The minimum atomic E-state index is -0.340. The number of anilines is 1. The summed E-state index contributed by atoms with van der Waals surface area (Å²) in [5.74, 6) is -0.162. The lowest BCUT2D eigenvalue weighted by atomic mass is 9.99. The predicted molar refractivity (Wildman–Crippen MR) is 106 cm³/mol. The molecule has 1 aliphatic heterocycles. The van der Waals surface area contributed by atoms with Gasteiger partial charge in [0, 0.05) is 31.4 Å². The molecule has 0 spiro atoms. The standard InChI is InChI=1S/C22H22FN3O2/c1-14-20(21(25-28-14)16-6-8-18(23)9-7-16)22(27)24-13-15-5-10-19-17(12-15)4-3-11-26(19)2/h5-10,12H,3-4,11,13H2,1-2H3,(H,24,27). The first-order valence-electron chi connectivity index (χ1n) is 9.36. The van der Waals surface area contributed by atoms with Gasteiger partial charge in [-0.05, 0) is 61.2 Å². The smallest absolute Gasteiger partial charge is 0.257 e. The van der Waals surface area contributed by atoms with Gasteiger partial charge in [0.05, 0.1) is 0 Å². The molecule has 1 N–H and O–H groups in total. The summed E-state index contributed by atoms with van der Waals surface area (Å²) in [7, 11) is 2.10. The zero-order chi connectivity index (χ0) is 19.7. The molecule has 0 radical (unpaired) electrons. The Bertz CT molecular complexity index is 1010. The Labute approximate surface area is 163 Å². The average molecular weight is 379 g/mol. The Hall–Kier alpha value is -3.15. The topological polar surface area (TPSA) is 58.4 Å². The van der Waals surface area contributed by atoms with Crippen LogP contribution in [0.15, 0.2) is 47.0 Å². The lowest BCUT2D eigenvalue weighted by Gasteiger charge is -2.27. The number of aryl methyl sites for hydroxylation is 2. The largest absolute Gasteiger partial charge is 0.374 e. The maximum atomic E-state index is 13.2. The third-order valence-corrected chi connectivity index (χ3v) is 5.16. The van der Waals surface area contributed by atoms with Crippen molar-refractivity contribution in [2.75, 3.05) is 18.5 Å². The van der Waals surface area contributed by atoms with E-state index < -0.39 is 0 Å². The number of hydrogen-bond donors (Lipinski definition) is 1. The van der Waals surface area contributed by atoms with E-state index in [0.717, 1.165) is 24.9 Å². The number of nitrogens with one attached hydrogen (secondary N) is 1. The summed E-state index contributed by atoms with van der Waals surface area (Å²) in [5.41, 5.74) is 5.06. The summed E-state index contributed by atoms with van der Waals surface area (Å²) in [5, 5.41) is 6.95. The fourth-order valence-corrected chi connectivity index (χ4v) is 3.66. The van der Waals surface area contributed by atoms with Crippen LogP contribution in [0.1, 0.15) is 33.7 Å². The van der Waals surface area contributed by atoms with Crippen molar-refractivity contribution in [3.05, 3.63) is 70.7 Å². The second kappa shape index (κ2) is 7.46. The van der Waals surface area contributed by atoms with Crippen molar-refractivity contribution >= 4 is 11.6 Å². The van der Waals surface area contributed by atoms with Gasteiger partial charge in [0.15, 0.2) is 0 Å². The van der Waals surface area contributed by atoms with Crippen molar-refractivity contribution in [1.82, 2.24) is 10.5 Å². The Morgan fingerprint density at radius 3 is 2.82 bits per heavy atom. The first kappa shape index (κ1) is 18.2. The summed E-state index contributed by atoms with van der Waals surface area (Å²) in [6.45, 7) is 3.19. The van der Waals surface area contributed by atoms with E-state index in [0.29, 0.717) is 29.1 Å². The van der Waals surface area contributed by atoms with Crippen LogP contribution >= 0.6 is 0 Å². The zero-order valence-electron chi connectivity index (χ0n) is 16.0. The van der Waals surface area contributed by atoms with Crippen molar-refractivity contribution < 1.29 is 13.7 Å². The highest BCUT2D eigenvalue weighted by Gasteiger charge is 2.22. The maximum absolute atomic E-state index is 13.2. The van der Waals surface area contributed by atoms with Crippen molar-refractivity contribution in [3.63, 3.8) is 0 Å². The van der Waals surface area contributed by atoms with Crippen LogP contribution in [0.2, 0.25) is 0 Å². The molecule has 1 amide bonds. The molecule has 6 heteroatoms. The molecule has 144 valence electrons. The molecule has 0 saturated carbocycles. The van der Waals surface area contributed by atoms with Crippen molar-refractivity contribution in [3.8, 4) is 11.3 Å². The van der Waals surface area contributed by atoms with Crippen LogP contribution in [0, 0.1) is 12.7 Å². The summed E-state index contributed by atoms with van der Waals surface area (Å²) >= 11 is 0. The first-order chi connectivity index (χ1) is 13.5. The van der Waals surface area contributed by atoms with E-state index >= 15 is 0 Å². The Kier molecular flexibility index (Phi) is 4.86. The monoisotopic (exact) mass is 379 g/mol. The van der Waals surface area contributed by atoms with Gasteiger partial charge in [0.25, 0.3) is 5.91 Å². The SMILES string of the molecule is Cc1onc(-c2ccc(F)cc2)c1C(=O)NCc1ccc2c(c1)CCCN2C. The fourth-order valence-electron chi connectivity index (χ4n) is 3.66.